The molecule has 2 N–H and O–H groups in total. The SMILES string of the molecule is Cc1nc(NC(=O)C2(NC=O)CCCCC2)ccc1Oc1ccnc(-c2cnn(C)c2)c1. The minimum atomic E-state index is -0.871. The summed E-state index contributed by atoms with van der Waals surface area (Å²) in [4.78, 5) is 32.9. The summed E-state index contributed by atoms with van der Waals surface area (Å²) in [5.41, 5.74) is 1.41. The van der Waals surface area contributed by atoms with Gasteiger partial charge in [-0.2, -0.15) is 5.10 Å². The highest BCUT2D eigenvalue weighted by atomic mass is 16.5. The molecule has 0 radical (unpaired) electrons. The van der Waals surface area contributed by atoms with E-state index in [1.54, 1.807) is 35.3 Å². The maximum absolute atomic E-state index is 12.9. The van der Waals surface area contributed by atoms with Crippen molar-refractivity contribution in [1.29, 1.82) is 0 Å². The number of rotatable bonds is 7. The third-order valence-corrected chi connectivity index (χ3v) is 5.72. The van der Waals surface area contributed by atoms with Gasteiger partial charge >= 0.3 is 0 Å². The van der Waals surface area contributed by atoms with E-state index in [2.05, 4.69) is 25.7 Å². The highest BCUT2D eigenvalue weighted by Gasteiger charge is 2.39. The Labute approximate surface area is 186 Å². The van der Waals surface area contributed by atoms with Gasteiger partial charge in [0.25, 0.3) is 5.91 Å². The van der Waals surface area contributed by atoms with E-state index < -0.39 is 5.54 Å². The number of nitrogens with zero attached hydrogens (tertiary/aromatic N) is 4. The van der Waals surface area contributed by atoms with Gasteiger partial charge in [-0.1, -0.05) is 19.3 Å². The predicted molar refractivity (Wildman–Crippen MR) is 119 cm³/mol. The monoisotopic (exact) mass is 434 g/mol. The summed E-state index contributed by atoms with van der Waals surface area (Å²) in [5, 5.41) is 9.77. The first-order valence-corrected chi connectivity index (χ1v) is 10.6. The summed E-state index contributed by atoms with van der Waals surface area (Å²) in [6.07, 6.45) is 10.0. The Balaban J connectivity index is 1.48. The average Bonchev–Trinajstić information content (AvgIpc) is 3.23. The third kappa shape index (κ3) is 4.61. The van der Waals surface area contributed by atoms with Gasteiger partial charge < -0.3 is 15.4 Å². The van der Waals surface area contributed by atoms with Crippen LogP contribution in [0, 0.1) is 6.92 Å². The van der Waals surface area contributed by atoms with Crippen molar-refractivity contribution < 1.29 is 14.3 Å². The molecule has 1 fully saturated rings. The van der Waals surface area contributed by atoms with Crippen molar-refractivity contribution in [3.63, 3.8) is 0 Å². The molecule has 9 heteroatoms. The second kappa shape index (κ2) is 9.17. The van der Waals surface area contributed by atoms with Crippen molar-refractivity contribution in [3.8, 4) is 22.8 Å². The molecular formula is C23H26N6O3. The second-order valence-corrected chi connectivity index (χ2v) is 8.02. The highest BCUT2D eigenvalue weighted by molar-refractivity contribution is 5.98. The Morgan fingerprint density at radius 2 is 2.03 bits per heavy atom. The molecule has 1 aliphatic carbocycles. The fourth-order valence-corrected chi connectivity index (χ4v) is 3.98. The minimum absolute atomic E-state index is 0.236. The van der Waals surface area contributed by atoms with Crippen LogP contribution in [0.4, 0.5) is 5.82 Å². The predicted octanol–water partition coefficient (Wildman–Crippen LogP) is 3.37. The van der Waals surface area contributed by atoms with Gasteiger partial charge in [-0.15, -0.1) is 0 Å². The number of hydrogen-bond donors (Lipinski definition) is 2. The molecule has 3 aromatic rings. The molecule has 166 valence electrons. The van der Waals surface area contributed by atoms with E-state index in [1.165, 1.54) is 0 Å². The van der Waals surface area contributed by atoms with Crippen molar-refractivity contribution in [2.45, 2.75) is 44.6 Å². The van der Waals surface area contributed by atoms with Crippen molar-refractivity contribution in [2.24, 2.45) is 7.05 Å². The van der Waals surface area contributed by atoms with Crippen LogP contribution in [0.15, 0.2) is 42.9 Å². The van der Waals surface area contributed by atoms with Gasteiger partial charge in [-0.3, -0.25) is 19.3 Å². The molecule has 0 aliphatic heterocycles. The first-order valence-electron chi connectivity index (χ1n) is 10.6. The Morgan fingerprint density at radius 3 is 2.72 bits per heavy atom. The number of pyridine rings is 2. The van der Waals surface area contributed by atoms with E-state index in [0.29, 0.717) is 42.3 Å². The van der Waals surface area contributed by atoms with E-state index in [9.17, 15) is 9.59 Å². The third-order valence-electron chi connectivity index (χ3n) is 5.72. The van der Waals surface area contributed by atoms with E-state index in [4.69, 9.17) is 4.74 Å². The van der Waals surface area contributed by atoms with Crippen LogP contribution in [0.3, 0.4) is 0 Å². The molecule has 9 nitrogen and oxygen atoms in total. The van der Waals surface area contributed by atoms with Crippen LogP contribution in [0.5, 0.6) is 11.5 Å². The quantitative estimate of drug-likeness (QED) is 0.552. The Kier molecular flexibility index (Phi) is 6.16. The van der Waals surface area contributed by atoms with Crippen LogP contribution in [0.2, 0.25) is 0 Å². The highest BCUT2D eigenvalue weighted by Crippen LogP contribution is 2.31. The number of hydrogen-bond acceptors (Lipinski definition) is 6. The van der Waals surface area contributed by atoms with E-state index >= 15 is 0 Å². The van der Waals surface area contributed by atoms with Crippen LogP contribution >= 0.6 is 0 Å². The number of carbonyl (C=O) groups is 2. The summed E-state index contributed by atoms with van der Waals surface area (Å²) >= 11 is 0. The lowest BCUT2D eigenvalue weighted by molar-refractivity contribution is -0.127. The maximum atomic E-state index is 12.9. The molecule has 0 bridgehead atoms. The number of aryl methyl sites for hydroxylation is 2. The molecule has 0 saturated heterocycles. The fourth-order valence-electron chi connectivity index (χ4n) is 3.98. The van der Waals surface area contributed by atoms with E-state index in [0.717, 1.165) is 30.5 Å². The first kappa shape index (κ1) is 21.5. The molecular weight excluding hydrogens is 408 g/mol. The lowest BCUT2D eigenvalue weighted by Gasteiger charge is -2.35. The summed E-state index contributed by atoms with van der Waals surface area (Å²) in [6.45, 7) is 1.81. The number of carbonyl (C=O) groups excluding carboxylic acids is 2. The summed E-state index contributed by atoms with van der Waals surface area (Å²) in [6, 6.07) is 7.07. The topological polar surface area (TPSA) is 111 Å². The largest absolute Gasteiger partial charge is 0.455 e. The molecule has 3 heterocycles. The number of aromatic nitrogens is 4. The zero-order chi connectivity index (χ0) is 22.6. The van der Waals surface area contributed by atoms with Crippen molar-refractivity contribution in [3.05, 3.63) is 48.5 Å². The van der Waals surface area contributed by atoms with Gasteiger partial charge in [0.1, 0.15) is 22.9 Å². The van der Waals surface area contributed by atoms with Crippen LogP contribution in [0.25, 0.3) is 11.3 Å². The Morgan fingerprint density at radius 1 is 1.22 bits per heavy atom. The zero-order valence-corrected chi connectivity index (χ0v) is 18.2. The van der Waals surface area contributed by atoms with Gasteiger partial charge in [0.05, 0.1) is 17.6 Å². The standard InChI is InChI=1S/C23H26N6O3/c1-16-20(32-18-8-11-24-19(12-18)17-13-26-29(2)14-17)6-7-21(27-16)28-22(31)23(25-15-30)9-4-3-5-10-23/h6-8,11-15H,3-5,9-10H2,1-2H3,(H,25,30)(H,27,28,31). The minimum Gasteiger partial charge on any atom is -0.455 e. The van der Waals surface area contributed by atoms with E-state index in [-0.39, 0.29) is 5.91 Å². The second-order valence-electron chi connectivity index (χ2n) is 8.02. The number of amides is 2. The lowest BCUT2D eigenvalue weighted by Crippen LogP contribution is -2.55. The molecule has 1 aliphatic rings. The Bertz CT molecular complexity index is 1120. The molecule has 0 aromatic carbocycles. The lowest BCUT2D eigenvalue weighted by atomic mass is 9.81. The van der Waals surface area contributed by atoms with Crippen molar-refractivity contribution in [1.82, 2.24) is 25.1 Å². The van der Waals surface area contributed by atoms with Crippen LogP contribution in [-0.2, 0) is 16.6 Å². The number of ether oxygens (including phenoxy) is 1. The maximum Gasteiger partial charge on any atom is 0.251 e. The summed E-state index contributed by atoms with van der Waals surface area (Å²) in [7, 11) is 1.85. The van der Waals surface area contributed by atoms with Crippen LogP contribution < -0.4 is 15.4 Å². The molecule has 0 atom stereocenters. The number of nitrogens with one attached hydrogen (secondary N) is 2. The van der Waals surface area contributed by atoms with Crippen molar-refractivity contribution >= 4 is 18.1 Å². The van der Waals surface area contributed by atoms with Crippen molar-refractivity contribution in [2.75, 3.05) is 5.32 Å². The molecule has 1 saturated carbocycles. The van der Waals surface area contributed by atoms with E-state index in [1.807, 2.05) is 26.2 Å². The number of anilines is 1. The van der Waals surface area contributed by atoms with Gasteiger partial charge in [0, 0.05) is 31.1 Å². The smallest absolute Gasteiger partial charge is 0.251 e. The van der Waals surface area contributed by atoms with Gasteiger partial charge in [-0.25, -0.2) is 4.98 Å². The molecule has 4 rings (SSSR count). The van der Waals surface area contributed by atoms with Crippen LogP contribution in [-0.4, -0.2) is 37.6 Å². The first-order chi connectivity index (χ1) is 15.5. The average molecular weight is 435 g/mol. The molecule has 3 aromatic heterocycles. The molecule has 0 unspecified atom stereocenters. The summed E-state index contributed by atoms with van der Waals surface area (Å²) in [5.74, 6) is 1.38. The fraction of sp³-hybridized carbons (Fsp3) is 0.348. The van der Waals surface area contributed by atoms with Gasteiger partial charge in [0.2, 0.25) is 6.41 Å². The van der Waals surface area contributed by atoms with Gasteiger partial charge in [0.15, 0.2) is 0 Å². The normalized spacial score (nSPS) is 15.1. The zero-order valence-electron chi connectivity index (χ0n) is 18.2. The van der Waals surface area contributed by atoms with Gasteiger partial charge in [-0.05, 0) is 38.0 Å². The molecule has 32 heavy (non-hydrogen) atoms. The summed E-state index contributed by atoms with van der Waals surface area (Å²) < 4.78 is 7.73. The molecule has 2 amide bonds. The Hall–Kier alpha value is -3.75. The van der Waals surface area contributed by atoms with Crippen LogP contribution in [0.1, 0.15) is 37.8 Å². The molecule has 0 spiro atoms.